The monoisotopic (exact) mass is 298 g/mol. The first-order valence-corrected chi connectivity index (χ1v) is 7.82. The summed E-state index contributed by atoms with van der Waals surface area (Å²) in [6, 6.07) is 10.4. The third-order valence-electron chi connectivity index (χ3n) is 3.92. The van der Waals surface area contributed by atoms with Crippen LogP contribution in [-0.4, -0.2) is 31.3 Å². The van der Waals surface area contributed by atoms with Gasteiger partial charge in [0.15, 0.2) is 0 Å². The highest BCUT2D eigenvalue weighted by Gasteiger charge is 2.22. The van der Waals surface area contributed by atoms with Gasteiger partial charge in [0.05, 0.1) is 13.2 Å². The Kier molecular flexibility index (Phi) is 4.59. The zero-order valence-electron chi connectivity index (χ0n) is 13.0. The lowest BCUT2D eigenvalue weighted by Crippen LogP contribution is -2.36. The molecule has 0 spiro atoms. The third-order valence-corrected chi connectivity index (χ3v) is 3.92. The predicted octanol–water partition coefficient (Wildman–Crippen LogP) is 3.53. The Morgan fingerprint density at radius 2 is 1.95 bits per heavy atom. The van der Waals surface area contributed by atoms with E-state index < -0.39 is 0 Å². The molecule has 22 heavy (non-hydrogen) atoms. The van der Waals surface area contributed by atoms with Crippen molar-refractivity contribution in [3.63, 3.8) is 0 Å². The molecule has 4 nitrogen and oxygen atoms in total. The Labute approximate surface area is 131 Å². The highest BCUT2D eigenvalue weighted by Crippen LogP contribution is 2.29. The second-order valence-electron chi connectivity index (χ2n) is 5.49. The number of allylic oxidation sites excluding steroid dienone is 1. The molecule has 0 N–H and O–H groups in total. The summed E-state index contributed by atoms with van der Waals surface area (Å²) in [5.74, 6) is 1.53. The first-order chi connectivity index (χ1) is 10.8. The zero-order chi connectivity index (χ0) is 15.4. The fourth-order valence-corrected chi connectivity index (χ4v) is 2.56. The number of rotatable bonds is 5. The lowest BCUT2D eigenvalue weighted by Gasteiger charge is -2.26. The molecule has 0 aliphatic carbocycles. The average molecular weight is 298 g/mol. The molecule has 4 heteroatoms. The van der Waals surface area contributed by atoms with Gasteiger partial charge in [-0.05, 0) is 12.0 Å². The lowest BCUT2D eigenvalue weighted by molar-refractivity contribution is 0.120. The van der Waals surface area contributed by atoms with E-state index in [1.165, 1.54) is 5.56 Å². The SMILES string of the molecule is C=C(CC)c1nc(Cc2ccccc2)c(N2CCOCC2)o1. The van der Waals surface area contributed by atoms with Crippen molar-refractivity contribution in [3.05, 3.63) is 54.1 Å². The topological polar surface area (TPSA) is 38.5 Å². The number of ether oxygens (including phenoxy) is 1. The number of benzene rings is 1. The summed E-state index contributed by atoms with van der Waals surface area (Å²) in [7, 11) is 0. The molecule has 0 radical (unpaired) electrons. The maximum atomic E-state index is 6.04. The molecule has 1 aromatic heterocycles. The van der Waals surface area contributed by atoms with Gasteiger partial charge in [-0.3, -0.25) is 0 Å². The number of oxazole rings is 1. The summed E-state index contributed by atoms with van der Waals surface area (Å²) in [5, 5.41) is 0. The summed E-state index contributed by atoms with van der Waals surface area (Å²) in [5.41, 5.74) is 3.16. The number of anilines is 1. The Bertz CT molecular complexity index is 628. The maximum Gasteiger partial charge on any atom is 0.224 e. The van der Waals surface area contributed by atoms with Gasteiger partial charge in [-0.2, -0.15) is 0 Å². The van der Waals surface area contributed by atoms with Crippen LogP contribution in [0.2, 0.25) is 0 Å². The van der Waals surface area contributed by atoms with Crippen LogP contribution in [0.15, 0.2) is 41.3 Å². The molecule has 1 aromatic carbocycles. The van der Waals surface area contributed by atoms with Gasteiger partial charge in [0.2, 0.25) is 11.8 Å². The molecule has 2 heterocycles. The summed E-state index contributed by atoms with van der Waals surface area (Å²) in [6.07, 6.45) is 1.61. The third kappa shape index (κ3) is 3.22. The molecule has 116 valence electrons. The molecule has 1 saturated heterocycles. The van der Waals surface area contributed by atoms with Crippen molar-refractivity contribution in [2.45, 2.75) is 19.8 Å². The second-order valence-corrected chi connectivity index (χ2v) is 5.49. The van der Waals surface area contributed by atoms with Crippen molar-refractivity contribution < 1.29 is 9.15 Å². The normalized spacial score (nSPS) is 15.0. The fourth-order valence-electron chi connectivity index (χ4n) is 2.56. The van der Waals surface area contributed by atoms with Crippen molar-refractivity contribution in [1.82, 2.24) is 4.98 Å². The van der Waals surface area contributed by atoms with Gasteiger partial charge in [0.25, 0.3) is 0 Å². The zero-order valence-corrected chi connectivity index (χ0v) is 13.0. The Morgan fingerprint density at radius 3 is 2.64 bits per heavy atom. The number of hydrogen-bond acceptors (Lipinski definition) is 4. The molecule has 2 aromatic rings. The first-order valence-electron chi connectivity index (χ1n) is 7.82. The first kappa shape index (κ1) is 14.9. The molecule has 0 unspecified atom stereocenters. The van der Waals surface area contributed by atoms with Gasteiger partial charge in [-0.25, -0.2) is 4.98 Å². The minimum absolute atomic E-state index is 0.662. The summed E-state index contributed by atoms with van der Waals surface area (Å²) in [6.45, 7) is 9.27. The predicted molar refractivity (Wildman–Crippen MR) is 88.1 cm³/mol. The number of aromatic nitrogens is 1. The lowest BCUT2D eigenvalue weighted by atomic mass is 10.1. The van der Waals surface area contributed by atoms with E-state index in [0.29, 0.717) is 5.89 Å². The van der Waals surface area contributed by atoms with E-state index in [-0.39, 0.29) is 0 Å². The van der Waals surface area contributed by atoms with E-state index >= 15 is 0 Å². The van der Waals surface area contributed by atoms with Gasteiger partial charge in [-0.1, -0.05) is 43.8 Å². The second kappa shape index (κ2) is 6.79. The molecule has 1 aliphatic rings. The highest BCUT2D eigenvalue weighted by atomic mass is 16.5. The molecule has 0 bridgehead atoms. The van der Waals surface area contributed by atoms with Crippen molar-refractivity contribution in [2.24, 2.45) is 0 Å². The molecular weight excluding hydrogens is 276 g/mol. The standard InChI is InChI=1S/C18H22N2O2/c1-3-14(2)17-19-16(13-15-7-5-4-6-8-15)18(22-17)20-9-11-21-12-10-20/h4-8H,2-3,9-13H2,1H3. The average Bonchev–Trinajstić information content (AvgIpc) is 3.00. The molecule has 1 fully saturated rings. The van der Waals surface area contributed by atoms with Crippen LogP contribution < -0.4 is 4.90 Å². The Morgan fingerprint density at radius 1 is 1.23 bits per heavy atom. The summed E-state index contributed by atoms with van der Waals surface area (Å²) < 4.78 is 11.5. The van der Waals surface area contributed by atoms with Crippen LogP contribution in [0.1, 0.15) is 30.5 Å². The van der Waals surface area contributed by atoms with E-state index in [9.17, 15) is 0 Å². The van der Waals surface area contributed by atoms with Crippen molar-refractivity contribution in [3.8, 4) is 0 Å². The van der Waals surface area contributed by atoms with Crippen LogP contribution in [-0.2, 0) is 11.2 Å². The van der Waals surface area contributed by atoms with Crippen molar-refractivity contribution in [1.29, 1.82) is 0 Å². The number of morpholine rings is 1. The van der Waals surface area contributed by atoms with E-state index in [1.807, 2.05) is 6.07 Å². The van der Waals surface area contributed by atoms with Gasteiger partial charge < -0.3 is 14.1 Å². The van der Waals surface area contributed by atoms with Crippen LogP contribution in [0, 0.1) is 0 Å². The van der Waals surface area contributed by atoms with Crippen molar-refractivity contribution in [2.75, 3.05) is 31.2 Å². The van der Waals surface area contributed by atoms with Crippen LogP contribution in [0.5, 0.6) is 0 Å². The van der Waals surface area contributed by atoms with E-state index in [0.717, 1.165) is 56.3 Å². The summed E-state index contributed by atoms with van der Waals surface area (Å²) in [4.78, 5) is 6.93. The van der Waals surface area contributed by atoms with E-state index in [2.05, 4.69) is 42.7 Å². The molecule has 3 rings (SSSR count). The molecule has 1 aliphatic heterocycles. The number of hydrogen-bond donors (Lipinski definition) is 0. The van der Waals surface area contributed by atoms with Crippen LogP contribution in [0.25, 0.3) is 5.57 Å². The van der Waals surface area contributed by atoms with Crippen molar-refractivity contribution >= 4 is 11.5 Å². The molecule has 0 amide bonds. The molecule has 0 saturated carbocycles. The van der Waals surface area contributed by atoms with Gasteiger partial charge in [-0.15, -0.1) is 0 Å². The minimum atomic E-state index is 0.662. The summed E-state index contributed by atoms with van der Waals surface area (Å²) >= 11 is 0. The molecular formula is C18H22N2O2. The minimum Gasteiger partial charge on any atom is -0.421 e. The van der Waals surface area contributed by atoms with Gasteiger partial charge in [0.1, 0.15) is 5.69 Å². The fraction of sp³-hybridized carbons (Fsp3) is 0.389. The van der Waals surface area contributed by atoms with Crippen LogP contribution >= 0.6 is 0 Å². The Hall–Kier alpha value is -2.07. The van der Waals surface area contributed by atoms with Gasteiger partial charge >= 0.3 is 0 Å². The molecule has 0 atom stereocenters. The van der Waals surface area contributed by atoms with Crippen LogP contribution in [0.3, 0.4) is 0 Å². The largest absolute Gasteiger partial charge is 0.421 e. The van der Waals surface area contributed by atoms with E-state index in [4.69, 9.17) is 14.1 Å². The quantitative estimate of drug-likeness (QED) is 0.846. The highest BCUT2D eigenvalue weighted by molar-refractivity contribution is 5.58. The van der Waals surface area contributed by atoms with Gasteiger partial charge in [0, 0.05) is 25.1 Å². The van der Waals surface area contributed by atoms with Crippen LogP contribution in [0.4, 0.5) is 5.88 Å². The number of nitrogens with zero attached hydrogens (tertiary/aromatic N) is 2. The Balaban J connectivity index is 1.91. The maximum absolute atomic E-state index is 6.04. The van der Waals surface area contributed by atoms with E-state index in [1.54, 1.807) is 0 Å². The smallest absolute Gasteiger partial charge is 0.224 e.